The molecule has 0 saturated heterocycles. The first-order chi connectivity index (χ1) is 8.04. The van der Waals surface area contributed by atoms with Crippen LogP contribution in [0.2, 0.25) is 0 Å². The lowest BCUT2D eigenvalue weighted by Gasteiger charge is -2.16. The summed E-state index contributed by atoms with van der Waals surface area (Å²) >= 11 is 0. The molecular weight excluding hydrogens is 214 g/mol. The van der Waals surface area contributed by atoms with E-state index in [0.717, 1.165) is 11.3 Å². The molecule has 1 atom stereocenters. The van der Waals surface area contributed by atoms with Crippen LogP contribution in [-0.4, -0.2) is 18.6 Å². The SMILES string of the molecule is C=CCNC(=O)[C@@H](C)Oc1ccc(C)cc1C. The fourth-order valence-electron chi connectivity index (χ4n) is 1.49. The first-order valence-corrected chi connectivity index (χ1v) is 5.67. The summed E-state index contributed by atoms with van der Waals surface area (Å²) in [7, 11) is 0. The highest BCUT2D eigenvalue weighted by atomic mass is 16.5. The third kappa shape index (κ3) is 3.94. The van der Waals surface area contributed by atoms with Crippen molar-refractivity contribution in [2.75, 3.05) is 6.54 Å². The van der Waals surface area contributed by atoms with Gasteiger partial charge in [0.15, 0.2) is 6.10 Å². The van der Waals surface area contributed by atoms with Crippen LogP contribution < -0.4 is 10.1 Å². The van der Waals surface area contributed by atoms with E-state index in [4.69, 9.17) is 4.74 Å². The van der Waals surface area contributed by atoms with Gasteiger partial charge in [-0.2, -0.15) is 0 Å². The van der Waals surface area contributed by atoms with Gasteiger partial charge in [-0.15, -0.1) is 6.58 Å². The van der Waals surface area contributed by atoms with Gasteiger partial charge in [-0.3, -0.25) is 4.79 Å². The van der Waals surface area contributed by atoms with E-state index in [-0.39, 0.29) is 5.91 Å². The van der Waals surface area contributed by atoms with Crippen LogP contribution in [-0.2, 0) is 4.79 Å². The van der Waals surface area contributed by atoms with Crippen LogP contribution in [0.4, 0.5) is 0 Å². The van der Waals surface area contributed by atoms with E-state index in [1.807, 2.05) is 32.0 Å². The molecule has 3 heteroatoms. The summed E-state index contributed by atoms with van der Waals surface area (Å²) in [5.74, 6) is 0.613. The number of amides is 1. The van der Waals surface area contributed by atoms with Gasteiger partial charge in [0, 0.05) is 6.54 Å². The second-order valence-electron chi connectivity index (χ2n) is 4.06. The predicted octanol–water partition coefficient (Wildman–Crippen LogP) is 2.37. The van der Waals surface area contributed by atoms with Crippen molar-refractivity contribution in [1.29, 1.82) is 0 Å². The molecule has 0 spiro atoms. The van der Waals surface area contributed by atoms with Crippen molar-refractivity contribution in [2.45, 2.75) is 26.9 Å². The second-order valence-corrected chi connectivity index (χ2v) is 4.06. The zero-order valence-electron chi connectivity index (χ0n) is 10.6. The number of aryl methyl sites for hydroxylation is 2. The Bertz CT molecular complexity index is 413. The summed E-state index contributed by atoms with van der Waals surface area (Å²) in [6.07, 6.45) is 1.14. The average molecular weight is 233 g/mol. The summed E-state index contributed by atoms with van der Waals surface area (Å²) in [4.78, 5) is 11.6. The summed E-state index contributed by atoms with van der Waals surface area (Å²) < 4.78 is 5.61. The zero-order valence-corrected chi connectivity index (χ0v) is 10.6. The van der Waals surface area contributed by atoms with Crippen molar-refractivity contribution in [3.8, 4) is 5.75 Å². The highest BCUT2D eigenvalue weighted by molar-refractivity contribution is 5.80. The van der Waals surface area contributed by atoms with Crippen LogP contribution in [0.1, 0.15) is 18.1 Å². The molecule has 0 radical (unpaired) electrons. The van der Waals surface area contributed by atoms with E-state index in [1.165, 1.54) is 5.56 Å². The lowest BCUT2D eigenvalue weighted by atomic mass is 10.1. The molecular formula is C14H19NO2. The van der Waals surface area contributed by atoms with Gasteiger partial charge in [0.05, 0.1) is 0 Å². The topological polar surface area (TPSA) is 38.3 Å². The molecule has 0 bridgehead atoms. The number of hydrogen-bond acceptors (Lipinski definition) is 2. The minimum atomic E-state index is -0.503. The fourth-order valence-corrected chi connectivity index (χ4v) is 1.49. The van der Waals surface area contributed by atoms with Gasteiger partial charge in [0.25, 0.3) is 5.91 Å². The summed E-state index contributed by atoms with van der Waals surface area (Å²) in [6, 6.07) is 5.89. The molecule has 3 nitrogen and oxygen atoms in total. The molecule has 0 aliphatic carbocycles. The van der Waals surface area contributed by atoms with Crippen molar-refractivity contribution >= 4 is 5.91 Å². The van der Waals surface area contributed by atoms with E-state index >= 15 is 0 Å². The summed E-state index contributed by atoms with van der Waals surface area (Å²) in [6.45, 7) is 9.73. The van der Waals surface area contributed by atoms with Gasteiger partial charge in [0.1, 0.15) is 5.75 Å². The van der Waals surface area contributed by atoms with Crippen molar-refractivity contribution in [3.05, 3.63) is 42.0 Å². The number of carbonyl (C=O) groups is 1. The third-order valence-electron chi connectivity index (χ3n) is 2.42. The van der Waals surface area contributed by atoms with Crippen molar-refractivity contribution < 1.29 is 9.53 Å². The summed E-state index contributed by atoms with van der Waals surface area (Å²) in [5.41, 5.74) is 2.21. The Morgan fingerprint density at radius 1 is 1.53 bits per heavy atom. The molecule has 92 valence electrons. The standard InChI is InChI=1S/C14H19NO2/c1-5-8-15-14(16)12(4)17-13-7-6-10(2)9-11(13)3/h5-7,9,12H,1,8H2,2-4H3,(H,15,16)/t12-/m1/s1. The quantitative estimate of drug-likeness (QED) is 0.793. The fraction of sp³-hybridized carbons (Fsp3) is 0.357. The third-order valence-corrected chi connectivity index (χ3v) is 2.42. The first-order valence-electron chi connectivity index (χ1n) is 5.67. The van der Waals surface area contributed by atoms with Gasteiger partial charge < -0.3 is 10.1 Å². The molecule has 17 heavy (non-hydrogen) atoms. The zero-order chi connectivity index (χ0) is 12.8. The van der Waals surface area contributed by atoms with Gasteiger partial charge in [-0.05, 0) is 32.4 Å². The number of ether oxygens (including phenoxy) is 1. The Hall–Kier alpha value is -1.77. The molecule has 0 heterocycles. The molecule has 1 rings (SSSR count). The largest absolute Gasteiger partial charge is 0.481 e. The van der Waals surface area contributed by atoms with E-state index in [2.05, 4.69) is 11.9 Å². The van der Waals surface area contributed by atoms with Crippen LogP contribution in [0.5, 0.6) is 5.75 Å². The van der Waals surface area contributed by atoms with E-state index in [0.29, 0.717) is 6.54 Å². The Balaban J connectivity index is 2.64. The Labute approximate surface area is 102 Å². The van der Waals surface area contributed by atoms with Crippen molar-refractivity contribution in [1.82, 2.24) is 5.32 Å². The second kappa shape index (κ2) is 6.09. The van der Waals surface area contributed by atoms with Crippen LogP contribution in [0.25, 0.3) is 0 Å². The van der Waals surface area contributed by atoms with E-state index in [1.54, 1.807) is 13.0 Å². The minimum absolute atomic E-state index is 0.134. The van der Waals surface area contributed by atoms with E-state index < -0.39 is 6.10 Å². The number of benzene rings is 1. The van der Waals surface area contributed by atoms with Crippen LogP contribution in [0, 0.1) is 13.8 Å². The van der Waals surface area contributed by atoms with Crippen LogP contribution in [0.3, 0.4) is 0 Å². The molecule has 0 aromatic heterocycles. The number of carbonyl (C=O) groups excluding carboxylic acids is 1. The molecule has 1 aromatic rings. The maximum atomic E-state index is 11.6. The van der Waals surface area contributed by atoms with Crippen molar-refractivity contribution in [3.63, 3.8) is 0 Å². The lowest BCUT2D eigenvalue weighted by molar-refractivity contribution is -0.127. The van der Waals surface area contributed by atoms with Gasteiger partial charge >= 0.3 is 0 Å². The van der Waals surface area contributed by atoms with Gasteiger partial charge in [-0.1, -0.05) is 23.8 Å². The maximum absolute atomic E-state index is 11.6. The Morgan fingerprint density at radius 3 is 2.82 bits per heavy atom. The molecule has 0 aliphatic rings. The summed E-state index contributed by atoms with van der Waals surface area (Å²) in [5, 5.41) is 2.70. The average Bonchev–Trinajstić information content (AvgIpc) is 2.29. The smallest absolute Gasteiger partial charge is 0.261 e. The molecule has 0 saturated carbocycles. The van der Waals surface area contributed by atoms with Gasteiger partial charge in [0.2, 0.25) is 0 Å². The van der Waals surface area contributed by atoms with Crippen LogP contribution >= 0.6 is 0 Å². The molecule has 1 N–H and O–H groups in total. The molecule has 1 amide bonds. The Kier molecular flexibility index (Phi) is 4.76. The number of nitrogens with one attached hydrogen (secondary N) is 1. The molecule has 0 fully saturated rings. The highest BCUT2D eigenvalue weighted by Crippen LogP contribution is 2.19. The van der Waals surface area contributed by atoms with Crippen LogP contribution in [0.15, 0.2) is 30.9 Å². The highest BCUT2D eigenvalue weighted by Gasteiger charge is 2.14. The van der Waals surface area contributed by atoms with Gasteiger partial charge in [-0.25, -0.2) is 0 Å². The monoisotopic (exact) mass is 233 g/mol. The number of rotatable bonds is 5. The minimum Gasteiger partial charge on any atom is -0.481 e. The Morgan fingerprint density at radius 2 is 2.24 bits per heavy atom. The van der Waals surface area contributed by atoms with E-state index in [9.17, 15) is 4.79 Å². The molecule has 0 aliphatic heterocycles. The molecule has 1 aromatic carbocycles. The van der Waals surface area contributed by atoms with Crippen molar-refractivity contribution in [2.24, 2.45) is 0 Å². The predicted molar refractivity (Wildman–Crippen MR) is 69.2 cm³/mol. The number of hydrogen-bond donors (Lipinski definition) is 1. The normalized spacial score (nSPS) is 11.7. The molecule has 0 unspecified atom stereocenters. The first kappa shape index (κ1) is 13.3. The lowest BCUT2D eigenvalue weighted by Crippen LogP contribution is -2.36. The maximum Gasteiger partial charge on any atom is 0.261 e.